The Bertz CT molecular complexity index is 734. The van der Waals surface area contributed by atoms with Crippen molar-refractivity contribution in [1.29, 1.82) is 0 Å². The zero-order valence-electron chi connectivity index (χ0n) is 14.9. The van der Waals surface area contributed by atoms with Crippen LogP contribution in [0.3, 0.4) is 0 Å². The highest BCUT2D eigenvalue weighted by Crippen LogP contribution is 2.22. The number of nitrogens with zero attached hydrogens (tertiary/aromatic N) is 1. The second-order valence-corrected chi connectivity index (χ2v) is 6.98. The van der Waals surface area contributed by atoms with E-state index in [1.54, 1.807) is 0 Å². The molecule has 4 heteroatoms. The van der Waals surface area contributed by atoms with E-state index in [0.29, 0.717) is 0 Å². The molecule has 1 aliphatic rings. The Balaban J connectivity index is 1.51. The van der Waals surface area contributed by atoms with Gasteiger partial charge in [0.2, 0.25) is 5.91 Å². The third-order valence-electron chi connectivity index (χ3n) is 4.92. The monoisotopic (exact) mass is 340 g/mol. The lowest BCUT2D eigenvalue weighted by atomic mass is 9.95. The molecule has 0 unspecified atom stereocenters. The zero-order chi connectivity index (χ0) is 17.8. The van der Waals surface area contributed by atoms with Crippen LogP contribution in [-0.4, -0.2) is 23.9 Å². The lowest BCUT2D eigenvalue weighted by molar-refractivity contribution is -0.121. The van der Waals surface area contributed by atoms with Crippen LogP contribution in [0.4, 0.5) is 10.1 Å². The molecule has 0 spiro atoms. The lowest BCUT2D eigenvalue weighted by Gasteiger charge is -2.31. The molecule has 2 aromatic rings. The molecule has 1 amide bonds. The number of rotatable bonds is 4. The minimum atomic E-state index is -0.203. The summed E-state index contributed by atoms with van der Waals surface area (Å²) in [6, 6.07) is 12.7. The van der Waals surface area contributed by atoms with E-state index in [9.17, 15) is 9.18 Å². The molecule has 1 fully saturated rings. The number of nitrogens with one attached hydrogen (secondary N) is 1. The SMILES string of the molecule is Cc1ccc(NC(=O)C2CCN(Cc3ccc(F)cc3)CC2)c(C)c1. The summed E-state index contributed by atoms with van der Waals surface area (Å²) in [5.41, 5.74) is 4.32. The number of aryl methyl sites for hydroxylation is 2. The molecule has 25 heavy (non-hydrogen) atoms. The van der Waals surface area contributed by atoms with Crippen molar-refractivity contribution in [2.24, 2.45) is 5.92 Å². The summed E-state index contributed by atoms with van der Waals surface area (Å²) in [6.45, 7) is 6.67. The molecule has 0 aromatic heterocycles. The number of likely N-dealkylation sites (tertiary alicyclic amines) is 1. The van der Waals surface area contributed by atoms with Gasteiger partial charge in [-0.1, -0.05) is 29.8 Å². The van der Waals surface area contributed by atoms with E-state index in [1.807, 2.05) is 31.2 Å². The molecule has 0 bridgehead atoms. The average Bonchev–Trinajstić information content (AvgIpc) is 2.60. The second kappa shape index (κ2) is 7.79. The Morgan fingerprint density at radius 2 is 1.80 bits per heavy atom. The zero-order valence-corrected chi connectivity index (χ0v) is 14.9. The van der Waals surface area contributed by atoms with Crippen molar-refractivity contribution in [3.63, 3.8) is 0 Å². The first kappa shape index (κ1) is 17.6. The van der Waals surface area contributed by atoms with Crippen molar-refractivity contribution in [2.75, 3.05) is 18.4 Å². The van der Waals surface area contributed by atoms with Gasteiger partial charge >= 0.3 is 0 Å². The number of piperidine rings is 1. The second-order valence-electron chi connectivity index (χ2n) is 6.98. The van der Waals surface area contributed by atoms with E-state index in [0.717, 1.165) is 49.3 Å². The Hall–Kier alpha value is -2.20. The molecule has 3 nitrogen and oxygen atoms in total. The maximum Gasteiger partial charge on any atom is 0.227 e. The van der Waals surface area contributed by atoms with Crippen molar-refractivity contribution >= 4 is 11.6 Å². The number of benzene rings is 2. The van der Waals surface area contributed by atoms with Gasteiger partial charge in [0.1, 0.15) is 5.82 Å². The van der Waals surface area contributed by atoms with Gasteiger partial charge < -0.3 is 5.32 Å². The Kier molecular flexibility index (Phi) is 5.49. The van der Waals surface area contributed by atoms with E-state index in [4.69, 9.17) is 0 Å². The predicted molar refractivity (Wildman–Crippen MR) is 98.9 cm³/mol. The van der Waals surface area contributed by atoms with Crippen molar-refractivity contribution in [3.8, 4) is 0 Å². The normalized spacial score (nSPS) is 16.0. The number of carbonyl (C=O) groups is 1. The largest absolute Gasteiger partial charge is 0.326 e. The van der Waals surface area contributed by atoms with Crippen molar-refractivity contribution < 1.29 is 9.18 Å². The number of carbonyl (C=O) groups excluding carboxylic acids is 1. The molecule has 1 heterocycles. The molecular weight excluding hydrogens is 315 g/mol. The van der Waals surface area contributed by atoms with E-state index in [1.165, 1.54) is 17.7 Å². The van der Waals surface area contributed by atoms with Crippen LogP contribution in [0.5, 0.6) is 0 Å². The van der Waals surface area contributed by atoms with Gasteiger partial charge in [0.05, 0.1) is 0 Å². The standard InChI is InChI=1S/C21H25FN2O/c1-15-3-8-20(16(2)13-15)23-21(25)18-9-11-24(12-10-18)14-17-4-6-19(22)7-5-17/h3-8,13,18H,9-12,14H2,1-2H3,(H,23,25). The van der Waals surface area contributed by atoms with Crippen molar-refractivity contribution in [3.05, 3.63) is 65.0 Å². The van der Waals surface area contributed by atoms with E-state index in [-0.39, 0.29) is 17.6 Å². The minimum absolute atomic E-state index is 0.0603. The summed E-state index contributed by atoms with van der Waals surface area (Å²) in [6.07, 6.45) is 1.72. The van der Waals surface area contributed by atoms with Gasteiger partial charge in [0.15, 0.2) is 0 Å². The molecule has 2 aromatic carbocycles. The Labute approximate surface area is 148 Å². The van der Waals surface area contributed by atoms with Gasteiger partial charge in [-0.2, -0.15) is 0 Å². The highest BCUT2D eigenvalue weighted by atomic mass is 19.1. The van der Waals surface area contributed by atoms with Gasteiger partial charge in [0, 0.05) is 18.2 Å². The van der Waals surface area contributed by atoms with Crippen molar-refractivity contribution in [2.45, 2.75) is 33.2 Å². The third-order valence-corrected chi connectivity index (χ3v) is 4.92. The number of amides is 1. The van der Waals surface area contributed by atoms with E-state index in [2.05, 4.69) is 23.2 Å². The van der Waals surface area contributed by atoms with Gasteiger partial charge in [-0.3, -0.25) is 9.69 Å². The highest BCUT2D eigenvalue weighted by molar-refractivity contribution is 5.93. The van der Waals surface area contributed by atoms with Gasteiger partial charge in [-0.15, -0.1) is 0 Å². The van der Waals surface area contributed by atoms with Crippen LogP contribution < -0.4 is 5.32 Å². The molecule has 0 atom stereocenters. The molecule has 1 aliphatic heterocycles. The van der Waals surface area contributed by atoms with Gasteiger partial charge in [-0.05, 0) is 69.1 Å². The first-order valence-electron chi connectivity index (χ1n) is 8.86. The van der Waals surface area contributed by atoms with Crippen LogP contribution in [0.15, 0.2) is 42.5 Å². The van der Waals surface area contributed by atoms with Crippen LogP contribution >= 0.6 is 0 Å². The number of anilines is 1. The molecule has 0 saturated carbocycles. The molecule has 0 radical (unpaired) electrons. The summed E-state index contributed by atoms with van der Waals surface area (Å²) < 4.78 is 13.0. The summed E-state index contributed by atoms with van der Waals surface area (Å²) in [4.78, 5) is 14.9. The van der Waals surface area contributed by atoms with Gasteiger partial charge in [-0.25, -0.2) is 4.39 Å². The summed E-state index contributed by atoms with van der Waals surface area (Å²) in [7, 11) is 0. The van der Waals surface area contributed by atoms with Gasteiger partial charge in [0.25, 0.3) is 0 Å². The maximum atomic E-state index is 13.0. The quantitative estimate of drug-likeness (QED) is 0.900. The molecular formula is C21H25FN2O. The Morgan fingerprint density at radius 1 is 1.12 bits per heavy atom. The first-order chi connectivity index (χ1) is 12.0. The maximum absolute atomic E-state index is 13.0. The van der Waals surface area contributed by atoms with Crippen molar-refractivity contribution in [1.82, 2.24) is 4.90 Å². The van der Waals surface area contributed by atoms with E-state index < -0.39 is 0 Å². The summed E-state index contributed by atoms with van der Waals surface area (Å²) in [5, 5.41) is 3.08. The summed E-state index contributed by atoms with van der Waals surface area (Å²) in [5.74, 6) is -0.0240. The molecule has 0 aliphatic carbocycles. The molecule has 1 saturated heterocycles. The Morgan fingerprint density at radius 3 is 2.44 bits per heavy atom. The fraction of sp³-hybridized carbons (Fsp3) is 0.381. The average molecular weight is 340 g/mol. The fourth-order valence-corrected chi connectivity index (χ4v) is 3.39. The van der Waals surface area contributed by atoms with Crippen LogP contribution in [0.1, 0.15) is 29.5 Å². The topological polar surface area (TPSA) is 32.3 Å². The fourth-order valence-electron chi connectivity index (χ4n) is 3.39. The van der Waals surface area contributed by atoms with Crippen LogP contribution in [0.2, 0.25) is 0 Å². The minimum Gasteiger partial charge on any atom is -0.326 e. The van der Waals surface area contributed by atoms with E-state index >= 15 is 0 Å². The smallest absolute Gasteiger partial charge is 0.227 e. The van der Waals surface area contributed by atoms with Crippen LogP contribution in [0.25, 0.3) is 0 Å². The van der Waals surface area contributed by atoms with Crippen LogP contribution in [0, 0.1) is 25.6 Å². The number of hydrogen-bond donors (Lipinski definition) is 1. The molecule has 3 rings (SSSR count). The first-order valence-corrected chi connectivity index (χ1v) is 8.86. The molecule has 1 N–H and O–H groups in total. The molecule has 132 valence electrons. The number of hydrogen-bond acceptors (Lipinski definition) is 2. The third kappa shape index (κ3) is 4.67. The summed E-state index contributed by atoms with van der Waals surface area (Å²) >= 11 is 0. The van der Waals surface area contributed by atoms with Crippen LogP contribution in [-0.2, 0) is 11.3 Å². The predicted octanol–water partition coefficient (Wildman–Crippen LogP) is 4.29. The highest BCUT2D eigenvalue weighted by Gasteiger charge is 2.25. The number of halogens is 1. The lowest BCUT2D eigenvalue weighted by Crippen LogP contribution is -2.37.